The zero-order valence-electron chi connectivity index (χ0n) is 8.53. The lowest BCUT2D eigenvalue weighted by molar-refractivity contribution is -0.113. The maximum absolute atomic E-state index is 11.3. The van der Waals surface area contributed by atoms with Gasteiger partial charge in [-0.2, -0.15) is 0 Å². The lowest BCUT2D eigenvalue weighted by atomic mass is 10.3. The highest BCUT2D eigenvalue weighted by Crippen LogP contribution is 2.23. The van der Waals surface area contributed by atoms with Crippen LogP contribution in [0.3, 0.4) is 0 Å². The van der Waals surface area contributed by atoms with Gasteiger partial charge < -0.3 is 11.1 Å². The van der Waals surface area contributed by atoms with E-state index < -0.39 is 21.5 Å². The van der Waals surface area contributed by atoms with E-state index in [-0.39, 0.29) is 0 Å². The Hall–Kier alpha value is -1.08. The van der Waals surface area contributed by atoms with Gasteiger partial charge in [-0.1, -0.05) is 0 Å². The number of hydrogen-bond donors (Lipinski definition) is 2. The van der Waals surface area contributed by atoms with Crippen molar-refractivity contribution in [2.24, 2.45) is 0 Å². The smallest absolute Gasteiger partial charge is 0.239 e. The SMILES string of the molecule is CS(=O)(=O)CC(=O)Nc1ccc(N)c(Br)c1. The van der Waals surface area contributed by atoms with Crippen molar-refractivity contribution >= 4 is 43.0 Å². The van der Waals surface area contributed by atoms with Gasteiger partial charge in [-0.15, -0.1) is 0 Å². The molecule has 0 atom stereocenters. The molecular weight excluding hydrogens is 296 g/mol. The summed E-state index contributed by atoms with van der Waals surface area (Å²) in [5.74, 6) is -1.10. The molecule has 0 fully saturated rings. The summed E-state index contributed by atoms with van der Waals surface area (Å²) in [6.07, 6.45) is 1.01. The number of halogens is 1. The van der Waals surface area contributed by atoms with Gasteiger partial charge >= 0.3 is 0 Å². The second-order valence-electron chi connectivity index (χ2n) is 3.35. The zero-order valence-corrected chi connectivity index (χ0v) is 10.9. The first-order valence-corrected chi connectivity index (χ1v) is 7.16. The highest BCUT2D eigenvalue weighted by Gasteiger charge is 2.11. The second-order valence-corrected chi connectivity index (χ2v) is 6.35. The van der Waals surface area contributed by atoms with Gasteiger partial charge in [0.05, 0.1) is 0 Å². The predicted molar refractivity (Wildman–Crippen MR) is 66.9 cm³/mol. The molecule has 5 nitrogen and oxygen atoms in total. The Morgan fingerprint density at radius 2 is 2.12 bits per heavy atom. The van der Waals surface area contributed by atoms with E-state index in [1.807, 2.05) is 0 Å². The normalized spacial score (nSPS) is 11.1. The lowest BCUT2D eigenvalue weighted by Crippen LogP contribution is -2.21. The number of carbonyl (C=O) groups excluding carboxylic acids is 1. The number of nitrogen functional groups attached to an aromatic ring is 1. The Balaban J connectivity index is 2.74. The molecule has 0 aliphatic carbocycles. The molecule has 0 radical (unpaired) electrons. The van der Waals surface area contributed by atoms with Crippen molar-refractivity contribution in [1.29, 1.82) is 0 Å². The molecule has 0 saturated heterocycles. The molecule has 0 aromatic heterocycles. The largest absolute Gasteiger partial charge is 0.398 e. The summed E-state index contributed by atoms with van der Waals surface area (Å²) in [7, 11) is -3.31. The average molecular weight is 307 g/mol. The molecule has 1 amide bonds. The first-order valence-electron chi connectivity index (χ1n) is 4.30. The van der Waals surface area contributed by atoms with Gasteiger partial charge in [-0.3, -0.25) is 4.79 Å². The molecule has 1 rings (SSSR count). The highest BCUT2D eigenvalue weighted by molar-refractivity contribution is 9.10. The van der Waals surface area contributed by atoms with Gasteiger partial charge in [-0.25, -0.2) is 8.42 Å². The molecule has 0 aliphatic rings. The minimum Gasteiger partial charge on any atom is -0.398 e. The molecule has 0 saturated carbocycles. The van der Waals surface area contributed by atoms with Crippen LogP contribution in [-0.4, -0.2) is 26.3 Å². The van der Waals surface area contributed by atoms with Crippen molar-refractivity contribution in [3.05, 3.63) is 22.7 Å². The van der Waals surface area contributed by atoms with Crippen molar-refractivity contribution < 1.29 is 13.2 Å². The first kappa shape index (κ1) is 13.0. The summed E-state index contributed by atoms with van der Waals surface area (Å²) >= 11 is 3.20. The summed E-state index contributed by atoms with van der Waals surface area (Å²) in [4.78, 5) is 11.3. The third-order valence-corrected chi connectivity index (χ3v) is 3.15. The summed E-state index contributed by atoms with van der Waals surface area (Å²) in [5, 5.41) is 2.46. The Morgan fingerprint density at radius 1 is 1.50 bits per heavy atom. The molecule has 16 heavy (non-hydrogen) atoms. The van der Waals surface area contributed by atoms with Crippen LogP contribution in [0, 0.1) is 0 Å². The quantitative estimate of drug-likeness (QED) is 0.816. The highest BCUT2D eigenvalue weighted by atomic mass is 79.9. The third kappa shape index (κ3) is 4.19. The lowest BCUT2D eigenvalue weighted by Gasteiger charge is -2.06. The van der Waals surface area contributed by atoms with Crippen LogP contribution in [-0.2, 0) is 14.6 Å². The van der Waals surface area contributed by atoms with Crippen LogP contribution in [0.5, 0.6) is 0 Å². The molecule has 0 aliphatic heterocycles. The molecule has 0 unspecified atom stereocenters. The van der Waals surface area contributed by atoms with E-state index in [1.165, 1.54) is 0 Å². The van der Waals surface area contributed by atoms with Crippen LogP contribution in [0.1, 0.15) is 0 Å². The van der Waals surface area contributed by atoms with Crippen molar-refractivity contribution in [3.8, 4) is 0 Å². The van der Waals surface area contributed by atoms with E-state index in [0.717, 1.165) is 6.26 Å². The molecule has 0 bridgehead atoms. The molecule has 7 heteroatoms. The fourth-order valence-corrected chi connectivity index (χ4v) is 1.97. The summed E-state index contributed by atoms with van der Waals surface area (Å²) in [6, 6.07) is 4.82. The van der Waals surface area contributed by atoms with Gasteiger partial charge in [0, 0.05) is 22.1 Å². The Morgan fingerprint density at radius 3 is 2.62 bits per heavy atom. The molecule has 0 heterocycles. The second kappa shape index (κ2) is 4.84. The van der Waals surface area contributed by atoms with Gasteiger partial charge in [0.2, 0.25) is 5.91 Å². The summed E-state index contributed by atoms with van der Waals surface area (Å²) in [5.41, 5.74) is 6.60. The molecule has 88 valence electrons. The number of nitrogens with one attached hydrogen (secondary N) is 1. The van der Waals surface area contributed by atoms with E-state index in [0.29, 0.717) is 15.8 Å². The number of sulfone groups is 1. The van der Waals surface area contributed by atoms with E-state index in [4.69, 9.17) is 5.73 Å². The van der Waals surface area contributed by atoms with Gasteiger partial charge in [0.1, 0.15) is 5.75 Å². The number of anilines is 2. The third-order valence-electron chi connectivity index (χ3n) is 1.68. The minimum atomic E-state index is -3.31. The maximum Gasteiger partial charge on any atom is 0.239 e. The molecule has 1 aromatic rings. The van der Waals surface area contributed by atoms with E-state index in [9.17, 15) is 13.2 Å². The minimum absolute atomic E-state index is 0.495. The molecule has 1 aromatic carbocycles. The van der Waals surface area contributed by atoms with Crippen molar-refractivity contribution in [1.82, 2.24) is 0 Å². The molecular formula is C9H11BrN2O3S. The number of amides is 1. The topological polar surface area (TPSA) is 89.3 Å². The zero-order chi connectivity index (χ0) is 12.3. The Bertz CT molecular complexity index is 513. The Labute approximate surface area is 102 Å². The molecule has 0 spiro atoms. The maximum atomic E-state index is 11.3. The number of carbonyl (C=O) groups is 1. The van der Waals surface area contributed by atoms with Crippen LogP contribution < -0.4 is 11.1 Å². The van der Waals surface area contributed by atoms with Crippen LogP contribution >= 0.6 is 15.9 Å². The van der Waals surface area contributed by atoms with Crippen LogP contribution in [0.15, 0.2) is 22.7 Å². The number of rotatable bonds is 3. The van der Waals surface area contributed by atoms with Crippen molar-refractivity contribution in [2.75, 3.05) is 23.1 Å². The summed E-state index contributed by atoms with van der Waals surface area (Å²) in [6.45, 7) is 0. The van der Waals surface area contributed by atoms with E-state index >= 15 is 0 Å². The van der Waals surface area contributed by atoms with Gasteiger partial charge in [0.25, 0.3) is 0 Å². The van der Waals surface area contributed by atoms with Crippen LogP contribution in [0.4, 0.5) is 11.4 Å². The predicted octanol–water partition coefficient (Wildman–Crippen LogP) is 1.01. The number of benzene rings is 1. The standard InChI is InChI=1S/C9H11BrN2O3S/c1-16(14,15)5-9(13)12-6-2-3-8(11)7(10)4-6/h2-4H,5,11H2,1H3,(H,12,13). The average Bonchev–Trinajstić information content (AvgIpc) is 2.08. The van der Waals surface area contributed by atoms with E-state index in [1.54, 1.807) is 18.2 Å². The van der Waals surface area contributed by atoms with Crippen LogP contribution in [0.25, 0.3) is 0 Å². The van der Waals surface area contributed by atoms with Crippen molar-refractivity contribution in [2.45, 2.75) is 0 Å². The number of hydrogen-bond acceptors (Lipinski definition) is 4. The van der Waals surface area contributed by atoms with Crippen LogP contribution in [0.2, 0.25) is 0 Å². The monoisotopic (exact) mass is 306 g/mol. The van der Waals surface area contributed by atoms with Gasteiger partial charge in [0.15, 0.2) is 9.84 Å². The fraction of sp³-hybridized carbons (Fsp3) is 0.222. The van der Waals surface area contributed by atoms with Crippen molar-refractivity contribution in [3.63, 3.8) is 0 Å². The van der Waals surface area contributed by atoms with E-state index in [2.05, 4.69) is 21.2 Å². The fourth-order valence-electron chi connectivity index (χ4n) is 1.04. The Kier molecular flexibility index (Phi) is 3.93. The first-order chi connectivity index (χ1) is 7.28. The summed E-state index contributed by atoms with van der Waals surface area (Å²) < 4.78 is 22.4. The number of nitrogens with two attached hydrogens (primary N) is 1. The van der Waals surface area contributed by atoms with Gasteiger partial charge in [-0.05, 0) is 34.1 Å². The molecule has 3 N–H and O–H groups in total.